The Hall–Kier alpha value is -2.02. The number of carbonyl (C=O) groups excluding carboxylic acids is 1. The van der Waals surface area contributed by atoms with Gasteiger partial charge in [0, 0.05) is 0 Å². The molecular formula is C12H8F3NO2S. The van der Waals surface area contributed by atoms with Crippen molar-refractivity contribution in [3.63, 3.8) is 0 Å². The minimum atomic E-state index is -4.41. The number of halogens is 3. The fourth-order valence-electron chi connectivity index (χ4n) is 1.39. The maximum atomic E-state index is 12.4. The smallest absolute Gasteiger partial charge is 0.425 e. The fourth-order valence-corrected chi connectivity index (χ4v) is 2.13. The van der Waals surface area contributed by atoms with Gasteiger partial charge in [0.05, 0.1) is 5.56 Å². The van der Waals surface area contributed by atoms with Gasteiger partial charge in [-0.05, 0) is 24.3 Å². The average Bonchev–Trinajstić information content (AvgIpc) is 2.77. The van der Waals surface area contributed by atoms with E-state index in [2.05, 4.69) is 0 Å². The zero-order valence-electron chi connectivity index (χ0n) is 9.40. The minimum Gasteiger partial charge on any atom is -0.446 e. The first-order valence-corrected chi connectivity index (χ1v) is 5.93. The lowest BCUT2D eigenvalue weighted by atomic mass is 10.2. The van der Waals surface area contributed by atoms with Crippen molar-refractivity contribution in [2.75, 3.05) is 0 Å². The van der Waals surface area contributed by atoms with Crippen LogP contribution in [0.25, 0.3) is 0 Å². The van der Waals surface area contributed by atoms with Crippen LogP contribution in [0.5, 0.6) is 10.8 Å². The Kier molecular flexibility index (Phi) is 3.48. The summed E-state index contributed by atoms with van der Waals surface area (Å²) in [6, 6.07) is 8.21. The Bertz CT molecular complexity index is 607. The molecule has 0 atom stereocenters. The summed E-state index contributed by atoms with van der Waals surface area (Å²) in [5.74, 6) is -0.575. The van der Waals surface area contributed by atoms with Crippen molar-refractivity contribution in [3.8, 4) is 10.8 Å². The summed E-state index contributed by atoms with van der Waals surface area (Å²) in [6.45, 7) is 0. The molecule has 1 aromatic heterocycles. The Labute approximate surface area is 110 Å². The van der Waals surface area contributed by atoms with Crippen LogP contribution in [0.15, 0.2) is 36.4 Å². The third-order valence-corrected chi connectivity index (χ3v) is 3.23. The van der Waals surface area contributed by atoms with Crippen LogP contribution >= 0.6 is 11.3 Å². The summed E-state index contributed by atoms with van der Waals surface area (Å²) in [6.07, 6.45) is -4.41. The third kappa shape index (κ3) is 3.05. The van der Waals surface area contributed by atoms with Gasteiger partial charge in [0.1, 0.15) is 10.6 Å². The molecule has 1 amide bonds. The molecule has 100 valence electrons. The first-order chi connectivity index (χ1) is 8.88. The van der Waals surface area contributed by atoms with Crippen molar-refractivity contribution in [1.82, 2.24) is 0 Å². The molecule has 0 radical (unpaired) electrons. The number of hydrogen-bond donors (Lipinski definition) is 1. The van der Waals surface area contributed by atoms with Crippen LogP contribution in [0, 0.1) is 0 Å². The van der Waals surface area contributed by atoms with E-state index in [0.29, 0.717) is 11.3 Å². The molecule has 0 fully saturated rings. The number of primary amides is 1. The summed E-state index contributed by atoms with van der Waals surface area (Å²) in [5, 5.41) is 0.0426. The largest absolute Gasteiger partial charge is 0.446 e. The molecular weight excluding hydrogens is 279 g/mol. The van der Waals surface area contributed by atoms with Crippen molar-refractivity contribution in [2.45, 2.75) is 6.18 Å². The van der Waals surface area contributed by atoms with Crippen molar-refractivity contribution in [3.05, 3.63) is 46.8 Å². The lowest BCUT2D eigenvalue weighted by molar-refractivity contribution is -0.134. The number of rotatable bonds is 3. The van der Waals surface area contributed by atoms with Crippen LogP contribution in [0.4, 0.5) is 13.2 Å². The molecule has 0 saturated heterocycles. The van der Waals surface area contributed by atoms with Gasteiger partial charge in [0.25, 0.3) is 5.91 Å². The monoisotopic (exact) mass is 287 g/mol. The Morgan fingerprint density at radius 2 is 1.84 bits per heavy atom. The van der Waals surface area contributed by atoms with Gasteiger partial charge in [0.2, 0.25) is 0 Å². The maximum absolute atomic E-state index is 12.4. The molecule has 0 aliphatic heterocycles. The van der Waals surface area contributed by atoms with E-state index in [4.69, 9.17) is 10.5 Å². The van der Waals surface area contributed by atoms with Gasteiger partial charge in [-0.15, -0.1) is 0 Å². The molecule has 2 N–H and O–H groups in total. The van der Waals surface area contributed by atoms with Gasteiger partial charge in [-0.3, -0.25) is 4.79 Å². The van der Waals surface area contributed by atoms with Gasteiger partial charge in [0.15, 0.2) is 5.06 Å². The molecule has 0 unspecified atom stereocenters. The topological polar surface area (TPSA) is 52.3 Å². The van der Waals surface area contributed by atoms with E-state index in [1.165, 1.54) is 18.2 Å². The summed E-state index contributed by atoms with van der Waals surface area (Å²) >= 11 is 0.456. The summed E-state index contributed by atoms with van der Waals surface area (Å²) in [4.78, 5) is 10.4. The number of ether oxygens (including phenoxy) is 1. The lowest BCUT2D eigenvalue weighted by Gasteiger charge is -2.06. The quantitative estimate of drug-likeness (QED) is 0.936. The Morgan fingerprint density at radius 1 is 1.16 bits per heavy atom. The first-order valence-electron chi connectivity index (χ1n) is 5.11. The second kappa shape index (κ2) is 4.93. The van der Waals surface area contributed by atoms with Crippen molar-refractivity contribution < 1.29 is 22.7 Å². The highest BCUT2D eigenvalue weighted by molar-refractivity contribution is 7.13. The number of carbonyl (C=O) groups is 1. The molecule has 0 saturated carbocycles. The van der Waals surface area contributed by atoms with Crippen LogP contribution in [0.2, 0.25) is 0 Å². The number of amides is 1. The number of thiophene rings is 1. The van der Waals surface area contributed by atoms with Crippen molar-refractivity contribution in [1.29, 1.82) is 0 Å². The maximum Gasteiger partial charge on any atom is 0.425 e. The third-order valence-electron chi connectivity index (χ3n) is 2.22. The highest BCUT2D eigenvalue weighted by atomic mass is 32.1. The van der Waals surface area contributed by atoms with Crippen LogP contribution in [-0.2, 0) is 6.18 Å². The average molecular weight is 287 g/mol. The summed E-state index contributed by atoms with van der Waals surface area (Å²) < 4.78 is 42.5. The number of alkyl halides is 3. The number of nitrogens with two attached hydrogens (primary N) is 1. The van der Waals surface area contributed by atoms with Gasteiger partial charge >= 0.3 is 6.18 Å². The van der Waals surface area contributed by atoms with E-state index in [1.807, 2.05) is 0 Å². The van der Waals surface area contributed by atoms with Gasteiger partial charge in [-0.25, -0.2) is 0 Å². The molecule has 2 aromatic rings. The van der Waals surface area contributed by atoms with E-state index < -0.39 is 17.0 Å². The molecule has 0 spiro atoms. The van der Waals surface area contributed by atoms with E-state index in [0.717, 1.165) is 6.07 Å². The van der Waals surface area contributed by atoms with Crippen LogP contribution < -0.4 is 10.5 Å². The fraction of sp³-hybridized carbons (Fsp3) is 0.0833. The Balaban J connectivity index is 2.27. The molecule has 2 rings (SSSR count). The zero-order chi connectivity index (χ0) is 14.0. The van der Waals surface area contributed by atoms with Crippen LogP contribution in [0.1, 0.15) is 15.2 Å². The lowest BCUT2D eigenvalue weighted by Crippen LogP contribution is -2.11. The minimum absolute atomic E-state index is 0.0426. The van der Waals surface area contributed by atoms with Gasteiger partial charge < -0.3 is 10.5 Å². The zero-order valence-corrected chi connectivity index (χ0v) is 10.2. The molecule has 0 bridgehead atoms. The normalized spacial score (nSPS) is 11.3. The number of para-hydroxylation sites is 1. The van der Waals surface area contributed by atoms with E-state index in [9.17, 15) is 18.0 Å². The predicted octanol–water partition coefficient (Wildman–Crippen LogP) is 3.66. The molecule has 1 heterocycles. The second-order valence-electron chi connectivity index (χ2n) is 3.58. The highest BCUT2D eigenvalue weighted by Gasteiger charge is 2.32. The van der Waals surface area contributed by atoms with Gasteiger partial charge in [-0.2, -0.15) is 13.2 Å². The summed E-state index contributed by atoms with van der Waals surface area (Å²) in [7, 11) is 0. The van der Waals surface area contributed by atoms with E-state index in [1.54, 1.807) is 12.1 Å². The SMILES string of the molecule is NC(=O)c1ccccc1Oc1ccc(C(F)(F)F)s1. The van der Waals surface area contributed by atoms with Gasteiger partial charge in [-0.1, -0.05) is 23.5 Å². The Morgan fingerprint density at radius 3 is 2.42 bits per heavy atom. The van der Waals surface area contributed by atoms with Crippen molar-refractivity contribution >= 4 is 17.2 Å². The molecule has 3 nitrogen and oxygen atoms in total. The van der Waals surface area contributed by atoms with E-state index >= 15 is 0 Å². The number of hydrogen-bond acceptors (Lipinski definition) is 3. The van der Waals surface area contributed by atoms with E-state index in [-0.39, 0.29) is 16.4 Å². The molecule has 19 heavy (non-hydrogen) atoms. The van der Waals surface area contributed by atoms with Crippen LogP contribution in [0.3, 0.4) is 0 Å². The molecule has 7 heteroatoms. The molecule has 1 aromatic carbocycles. The predicted molar refractivity (Wildman–Crippen MR) is 64.4 cm³/mol. The first kappa shape index (κ1) is 13.4. The number of benzene rings is 1. The summed E-state index contributed by atoms with van der Waals surface area (Å²) in [5.41, 5.74) is 5.26. The van der Waals surface area contributed by atoms with Crippen molar-refractivity contribution in [2.24, 2.45) is 5.73 Å². The second-order valence-corrected chi connectivity index (χ2v) is 4.63. The highest BCUT2D eigenvalue weighted by Crippen LogP contribution is 2.39. The standard InChI is InChI=1S/C12H8F3NO2S/c13-12(14,15)9-5-6-10(19-9)18-8-4-2-1-3-7(8)11(16)17/h1-6H,(H2,16,17). The molecule has 0 aliphatic rings. The van der Waals surface area contributed by atoms with Crippen LogP contribution in [-0.4, -0.2) is 5.91 Å². The molecule has 0 aliphatic carbocycles.